The fourth-order valence-corrected chi connectivity index (χ4v) is 3.30. The highest BCUT2D eigenvalue weighted by Gasteiger charge is 2.28. The lowest BCUT2D eigenvalue weighted by molar-refractivity contribution is -0.126. The Labute approximate surface area is 153 Å². The molecule has 1 fully saturated rings. The van der Waals surface area contributed by atoms with Crippen molar-refractivity contribution < 1.29 is 9.59 Å². The number of hydrogen-bond donors (Lipinski definition) is 2. The zero-order chi connectivity index (χ0) is 18.5. The first-order chi connectivity index (χ1) is 12.5. The van der Waals surface area contributed by atoms with Crippen molar-refractivity contribution in [3.8, 4) is 11.1 Å². The first kappa shape index (κ1) is 17.9. The van der Waals surface area contributed by atoms with Gasteiger partial charge >= 0.3 is 6.03 Å². The number of rotatable bonds is 4. The summed E-state index contributed by atoms with van der Waals surface area (Å²) >= 11 is 0. The molecule has 0 radical (unpaired) electrons. The van der Waals surface area contributed by atoms with Gasteiger partial charge in [0.1, 0.15) is 0 Å². The minimum atomic E-state index is -0.457. The van der Waals surface area contributed by atoms with Gasteiger partial charge in [-0.2, -0.15) is 0 Å². The van der Waals surface area contributed by atoms with Gasteiger partial charge in [0, 0.05) is 25.5 Å². The fourth-order valence-electron chi connectivity index (χ4n) is 3.30. The van der Waals surface area contributed by atoms with Crippen LogP contribution in [0.5, 0.6) is 0 Å². The molecule has 26 heavy (non-hydrogen) atoms. The molecule has 3 N–H and O–H groups in total. The molecule has 0 bridgehead atoms. The Hall–Kier alpha value is -2.89. The van der Waals surface area contributed by atoms with Gasteiger partial charge in [0.2, 0.25) is 5.91 Å². The van der Waals surface area contributed by atoms with Gasteiger partial charge in [0.15, 0.2) is 0 Å². The number of nitrogens with zero attached hydrogens (tertiary/aromatic N) is 2. The van der Waals surface area contributed by atoms with Crippen LogP contribution in [-0.2, 0) is 4.79 Å². The van der Waals surface area contributed by atoms with E-state index in [1.54, 1.807) is 11.1 Å². The predicted molar refractivity (Wildman–Crippen MR) is 100 cm³/mol. The summed E-state index contributed by atoms with van der Waals surface area (Å²) in [6.45, 7) is 2.99. The Kier molecular flexibility index (Phi) is 5.51. The lowest BCUT2D eigenvalue weighted by Crippen LogP contribution is -2.47. The van der Waals surface area contributed by atoms with E-state index in [-0.39, 0.29) is 17.9 Å². The minimum Gasteiger partial charge on any atom is -0.351 e. The minimum absolute atomic E-state index is 0.0280. The summed E-state index contributed by atoms with van der Waals surface area (Å²) in [5, 5.41) is 3.05. The van der Waals surface area contributed by atoms with Gasteiger partial charge in [-0.1, -0.05) is 30.3 Å². The molecule has 1 aliphatic heterocycles. The second-order valence-electron chi connectivity index (χ2n) is 6.72. The number of aromatic nitrogens is 1. The molecule has 2 atom stereocenters. The van der Waals surface area contributed by atoms with E-state index < -0.39 is 6.03 Å². The molecule has 3 amide bonds. The van der Waals surface area contributed by atoms with Crippen molar-refractivity contribution in [2.75, 3.05) is 13.1 Å². The molecule has 1 aromatic heterocycles. The van der Waals surface area contributed by atoms with Crippen LogP contribution in [0.3, 0.4) is 0 Å². The van der Waals surface area contributed by atoms with E-state index in [0.717, 1.165) is 29.5 Å². The van der Waals surface area contributed by atoms with Gasteiger partial charge in [-0.05, 0) is 42.5 Å². The molecule has 0 saturated carbocycles. The van der Waals surface area contributed by atoms with Gasteiger partial charge in [-0.25, -0.2) is 4.79 Å². The molecular weight excluding hydrogens is 328 g/mol. The maximum absolute atomic E-state index is 12.5. The number of hydrogen-bond acceptors (Lipinski definition) is 3. The van der Waals surface area contributed by atoms with Gasteiger partial charge in [0.25, 0.3) is 0 Å². The lowest BCUT2D eigenvalue weighted by Gasteiger charge is -2.31. The first-order valence-electron chi connectivity index (χ1n) is 8.89. The third kappa shape index (κ3) is 4.20. The van der Waals surface area contributed by atoms with Crippen molar-refractivity contribution in [3.63, 3.8) is 0 Å². The van der Waals surface area contributed by atoms with Crippen LogP contribution in [-0.4, -0.2) is 34.9 Å². The van der Waals surface area contributed by atoms with Crippen molar-refractivity contribution >= 4 is 11.9 Å². The molecule has 1 aliphatic rings. The van der Waals surface area contributed by atoms with E-state index in [2.05, 4.69) is 10.3 Å². The highest BCUT2D eigenvalue weighted by molar-refractivity contribution is 5.81. The molecule has 2 aromatic rings. The Morgan fingerprint density at radius 3 is 2.65 bits per heavy atom. The molecule has 6 heteroatoms. The van der Waals surface area contributed by atoms with Crippen LogP contribution in [0, 0.1) is 5.92 Å². The summed E-state index contributed by atoms with van der Waals surface area (Å²) in [5.41, 5.74) is 8.52. The van der Waals surface area contributed by atoms with Crippen molar-refractivity contribution in [1.82, 2.24) is 15.2 Å². The zero-order valence-corrected chi connectivity index (χ0v) is 14.9. The topological polar surface area (TPSA) is 88.3 Å². The van der Waals surface area contributed by atoms with Gasteiger partial charge < -0.3 is 16.0 Å². The molecule has 2 unspecified atom stereocenters. The number of piperidine rings is 1. The second kappa shape index (κ2) is 7.99. The number of nitrogens with one attached hydrogen (secondary N) is 1. The average molecular weight is 352 g/mol. The summed E-state index contributed by atoms with van der Waals surface area (Å²) in [6.07, 6.45) is 5.16. The molecule has 3 rings (SSSR count). The van der Waals surface area contributed by atoms with Crippen LogP contribution in [0.4, 0.5) is 4.79 Å². The van der Waals surface area contributed by atoms with E-state index >= 15 is 0 Å². The van der Waals surface area contributed by atoms with Crippen molar-refractivity contribution in [2.45, 2.75) is 25.8 Å². The second-order valence-corrected chi connectivity index (χ2v) is 6.72. The number of likely N-dealkylation sites (tertiary alicyclic amines) is 1. The lowest BCUT2D eigenvalue weighted by atomic mass is 9.96. The maximum Gasteiger partial charge on any atom is 0.314 e. The first-order valence-corrected chi connectivity index (χ1v) is 8.89. The molecule has 0 spiro atoms. The van der Waals surface area contributed by atoms with Crippen LogP contribution in [0.1, 0.15) is 31.4 Å². The zero-order valence-electron chi connectivity index (χ0n) is 14.9. The van der Waals surface area contributed by atoms with Crippen LogP contribution >= 0.6 is 0 Å². The van der Waals surface area contributed by atoms with E-state index in [1.165, 1.54) is 0 Å². The summed E-state index contributed by atoms with van der Waals surface area (Å²) in [5.74, 6) is -0.229. The SMILES string of the molecule is CC(NC(=O)C1CCCN(C(N)=O)C1)c1ccc(-c2cccnc2)cc1. The average Bonchev–Trinajstić information content (AvgIpc) is 2.68. The van der Waals surface area contributed by atoms with E-state index in [4.69, 9.17) is 5.73 Å². The quantitative estimate of drug-likeness (QED) is 0.887. The number of primary amides is 1. The summed E-state index contributed by atoms with van der Waals surface area (Å²) in [7, 11) is 0. The number of carbonyl (C=O) groups excluding carboxylic acids is 2. The standard InChI is InChI=1S/C20H24N4O2/c1-14(23-19(25)18-5-3-11-24(13-18)20(21)26)15-6-8-16(9-7-15)17-4-2-10-22-12-17/h2,4,6-10,12,14,18H,3,5,11,13H2,1H3,(H2,21,26)(H,23,25). The van der Waals surface area contributed by atoms with Crippen molar-refractivity contribution in [3.05, 3.63) is 54.4 Å². The predicted octanol–water partition coefficient (Wildman–Crippen LogP) is 2.72. The number of pyridine rings is 1. The Morgan fingerprint density at radius 1 is 1.23 bits per heavy atom. The van der Waals surface area contributed by atoms with E-state index in [9.17, 15) is 9.59 Å². The summed E-state index contributed by atoms with van der Waals surface area (Å²) in [4.78, 5) is 29.5. The van der Waals surface area contributed by atoms with Crippen LogP contribution in [0.2, 0.25) is 0 Å². The number of urea groups is 1. The highest BCUT2D eigenvalue weighted by atomic mass is 16.2. The van der Waals surface area contributed by atoms with Gasteiger partial charge in [-0.15, -0.1) is 0 Å². The number of amides is 3. The highest BCUT2D eigenvalue weighted by Crippen LogP contribution is 2.22. The summed E-state index contributed by atoms with van der Waals surface area (Å²) in [6, 6.07) is 11.5. The Morgan fingerprint density at radius 2 is 2.00 bits per heavy atom. The van der Waals surface area contributed by atoms with Gasteiger partial charge in [-0.3, -0.25) is 9.78 Å². The third-order valence-electron chi connectivity index (χ3n) is 4.87. The van der Waals surface area contributed by atoms with E-state index in [0.29, 0.717) is 13.1 Å². The number of carbonyl (C=O) groups is 2. The van der Waals surface area contributed by atoms with Gasteiger partial charge in [0.05, 0.1) is 12.0 Å². The molecule has 1 aromatic carbocycles. The molecule has 0 aliphatic carbocycles. The number of benzene rings is 1. The largest absolute Gasteiger partial charge is 0.351 e. The van der Waals surface area contributed by atoms with E-state index in [1.807, 2.05) is 49.5 Å². The fraction of sp³-hybridized carbons (Fsp3) is 0.350. The van der Waals surface area contributed by atoms with Crippen molar-refractivity contribution in [1.29, 1.82) is 0 Å². The molecular formula is C20H24N4O2. The van der Waals surface area contributed by atoms with Crippen LogP contribution in [0.25, 0.3) is 11.1 Å². The smallest absolute Gasteiger partial charge is 0.314 e. The molecule has 136 valence electrons. The summed E-state index contributed by atoms with van der Waals surface area (Å²) < 4.78 is 0. The maximum atomic E-state index is 12.5. The monoisotopic (exact) mass is 352 g/mol. The van der Waals surface area contributed by atoms with Crippen LogP contribution in [0.15, 0.2) is 48.8 Å². The number of nitrogens with two attached hydrogens (primary N) is 1. The Balaban J connectivity index is 1.61. The molecule has 6 nitrogen and oxygen atoms in total. The normalized spacial score (nSPS) is 18.2. The molecule has 2 heterocycles. The third-order valence-corrected chi connectivity index (χ3v) is 4.87. The molecule has 1 saturated heterocycles. The Bertz CT molecular complexity index is 761. The van der Waals surface area contributed by atoms with Crippen LogP contribution < -0.4 is 11.1 Å². The van der Waals surface area contributed by atoms with Crippen molar-refractivity contribution in [2.24, 2.45) is 11.7 Å².